The maximum Gasteiger partial charge on any atom is 0.347 e. The van der Waals surface area contributed by atoms with Crippen molar-refractivity contribution in [2.24, 2.45) is 0 Å². The van der Waals surface area contributed by atoms with Crippen LogP contribution in [-0.2, 0) is 6.61 Å². The van der Waals surface area contributed by atoms with Gasteiger partial charge in [0.2, 0.25) is 0 Å². The normalized spacial score (nSPS) is 10.2. The van der Waals surface area contributed by atoms with E-state index in [0.29, 0.717) is 28.2 Å². The topological polar surface area (TPSA) is 55.8 Å². The minimum absolute atomic E-state index is 0.106. The zero-order valence-electron chi connectivity index (χ0n) is 11.4. The summed E-state index contributed by atoms with van der Waals surface area (Å²) in [7, 11) is 1.48. The molecule has 0 radical (unpaired) electrons. The number of para-hydroxylation sites is 1. The predicted octanol–water partition coefficient (Wildman–Crippen LogP) is 2.72. The standard InChI is InChI=1S/C16H16O4/c1-11-8-12(10-17)9-14(19-2)15(11)16(18)20-13-6-4-3-5-7-13/h3-9,17H,10H2,1-2H3. The number of hydrogen-bond donors (Lipinski definition) is 1. The molecule has 20 heavy (non-hydrogen) atoms. The SMILES string of the molecule is COc1cc(CO)cc(C)c1C(=O)Oc1ccccc1. The van der Waals surface area contributed by atoms with Gasteiger partial charge in [-0.3, -0.25) is 0 Å². The van der Waals surface area contributed by atoms with Gasteiger partial charge < -0.3 is 14.6 Å². The molecule has 104 valence electrons. The van der Waals surface area contributed by atoms with Crippen LogP contribution >= 0.6 is 0 Å². The predicted molar refractivity (Wildman–Crippen MR) is 75.1 cm³/mol. The van der Waals surface area contributed by atoms with Crippen LogP contribution in [0.2, 0.25) is 0 Å². The zero-order chi connectivity index (χ0) is 14.5. The lowest BCUT2D eigenvalue weighted by molar-refractivity contribution is 0.0730. The Morgan fingerprint density at radius 1 is 1.20 bits per heavy atom. The minimum atomic E-state index is -0.477. The Hall–Kier alpha value is -2.33. The maximum atomic E-state index is 12.2. The highest BCUT2D eigenvalue weighted by molar-refractivity contribution is 5.95. The molecule has 0 saturated heterocycles. The summed E-state index contributed by atoms with van der Waals surface area (Å²) >= 11 is 0. The maximum absolute atomic E-state index is 12.2. The molecule has 2 aromatic rings. The molecule has 0 aliphatic heterocycles. The molecule has 2 aromatic carbocycles. The molecular weight excluding hydrogens is 256 g/mol. The van der Waals surface area contributed by atoms with Gasteiger partial charge in [-0.2, -0.15) is 0 Å². The van der Waals surface area contributed by atoms with Gasteiger partial charge in [-0.25, -0.2) is 4.79 Å². The number of aliphatic hydroxyl groups excluding tert-OH is 1. The highest BCUT2D eigenvalue weighted by Crippen LogP contribution is 2.26. The van der Waals surface area contributed by atoms with E-state index in [1.807, 2.05) is 6.07 Å². The first kappa shape index (κ1) is 14.1. The van der Waals surface area contributed by atoms with Gasteiger partial charge in [0.25, 0.3) is 0 Å². The van der Waals surface area contributed by atoms with Crippen molar-refractivity contribution in [3.05, 3.63) is 59.2 Å². The number of esters is 1. The molecule has 0 saturated carbocycles. The van der Waals surface area contributed by atoms with E-state index in [-0.39, 0.29) is 6.61 Å². The lowest BCUT2D eigenvalue weighted by Crippen LogP contribution is -2.12. The molecule has 4 heteroatoms. The number of carbonyl (C=O) groups is 1. The van der Waals surface area contributed by atoms with E-state index in [9.17, 15) is 9.90 Å². The second kappa shape index (κ2) is 6.21. The average molecular weight is 272 g/mol. The number of hydrogen-bond acceptors (Lipinski definition) is 4. The Labute approximate surface area is 117 Å². The molecule has 0 aliphatic rings. The van der Waals surface area contributed by atoms with Crippen molar-refractivity contribution in [3.63, 3.8) is 0 Å². The minimum Gasteiger partial charge on any atom is -0.496 e. The van der Waals surface area contributed by atoms with E-state index in [2.05, 4.69) is 0 Å². The van der Waals surface area contributed by atoms with Gasteiger partial charge in [0.1, 0.15) is 17.1 Å². The van der Waals surface area contributed by atoms with Gasteiger partial charge in [-0.1, -0.05) is 24.3 Å². The second-order valence-electron chi connectivity index (χ2n) is 4.35. The highest BCUT2D eigenvalue weighted by atomic mass is 16.5. The number of rotatable bonds is 4. The lowest BCUT2D eigenvalue weighted by Gasteiger charge is -2.12. The first-order valence-corrected chi connectivity index (χ1v) is 6.21. The third-order valence-corrected chi connectivity index (χ3v) is 2.92. The molecule has 0 heterocycles. The molecule has 0 atom stereocenters. The van der Waals surface area contributed by atoms with Crippen molar-refractivity contribution in [2.75, 3.05) is 7.11 Å². The summed E-state index contributed by atoms with van der Waals surface area (Å²) in [6.45, 7) is 1.68. The van der Waals surface area contributed by atoms with E-state index in [0.717, 1.165) is 0 Å². The molecule has 0 fully saturated rings. The van der Waals surface area contributed by atoms with Crippen LogP contribution in [0.25, 0.3) is 0 Å². The number of benzene rings is 2. The molecule has 0 unspecified atom stereocenters. The molecular formula is C16H16O4. The summed E-state index contributed by atoms with van der Waals surface area (Å²) in [5.41, 5.74) is 1.76. The summed E-state index contributed by atoms with van der Waals surface area (Å²) in [5, 5.41) is 9.17. The van der Waals surface area contributed by atoms with Crippen LogP contribution in [0, 0.1) is 6.92 Å². The summed E-state index contributed by atoms with van der Waals surface area (Å²) in [4.78, 5) is 12.2. The van der Waals surface area contributed by atoms with E-state index < -0.39 is 5.97 Å². The summed E-state index contributed by atoms with van der Waals surface area (Å²) in [6.07, 6.45) is 0. The molecule has 4 nitrogen and oxygen atoms in total. The summed E-state index contributed by atoms with van der Waals surface area (Å²) in [5.74, 6) is 0.398. The Kier molecular flexibility index (Phi) is 4.38. The quantitative estimate of drug-likeness (QED) is 0.687. The van der Waals surface area contributed by atoms with Crippen molar-refractivity contribution in [2.45, 2.75) is 13.5 Å². The van der Waals surface area contributed by atoms with Crippen LogP contribution in [0.3, 0.4) is 0 Å². The van der Waals surface area contributed by atoms with Gasteiger partial charge in [0, 0.05) is 0 Å². The second-order valence-corrected chi connectivity index (χ2v) is 4.35. The van der Waals surface area contributed by atoms with Crippen LogP contribution in [0.4, 0.5) is 0 Å². The molecule has 0 aromatic heterocycles. The molecule has 0 amide bonds. The number of aliphatic hydroxyl groups is 1. The zero-order valence-corrected chi connectivity index (χ0v) is 11.4. The van der Waals surface area contributed by atoms with Gasteiger partial charge in [-0.15, -0.1) is 0 Å². The third kappa shape index (κ3) is 2.97. The van der Waals surface area contributed by atoms with Crippen LogP contribution in [0.1, 0.15) is 21.5 Å². The molecule has 0 spiro atoms. The Morgan fingerprint density at radius 2 is 1.90 bits per heavy atom. The fourth-order valence-corrected chi connectivity index (χ4v) is 1.99. The average Bonchev–Trinajstić information content (AvgIpc) is 2.47. The lowest BCUT2D eigenvalue weighted by atomic mass is 10.0. The van der Waals surface area contributed by atoms with E-state index in [4.69, 9.17) is 9.47 Å². The fourth-order valence-electron chi connectivity index (χ4n) is 1.99. The van der Waals surface area contributed by atoms with Crippen molar-refractivity contribution in [1.82, 2.24) is 0 Å². The third-order valence-electron chi connectivity index (χ3n) is 2.92. The Bertz CT molecular complexity index is 605. The number of carbonyl (C=O) groups excluding carboxylic acids is 1. The molecule has 2 rings (SSSR count). The van der Waals surface area contributed by atoms with Crippen molar-refractivity contribution in [3.8, 4) is 11.5 Å². The first-order chi connectivity index (χ1) is 9.65. The number of ether oxygens (including phenoxy) is 2. The first-order valence-electron chi connectivity index (χ1n) is 6.21. The van der Waals surface area contributed by atoms with Crippen molar-refractivity contribution < 1.29 is 19.4 Å². The Balaban J connectivity index is 2.34. The van der Waals surface area contributed by atoms with Crippen LogP contribution < -0.4 is 9.47 Å². The highest BCUT2D eigenvalue weighted by Gasteiger charge is 2.18. The molecule has 0 bridgehead atoms. The monoisotopic (exact) mass is 272 g/mol. The van der Waals surface area contributed by atoms with E-state index in [1.165, 1.54) is 7.11 Å². The number of aryl methyl sites for hydroxylation is 1. The van der Waals surface area contributed by atoms with Crippen molar-refractivity contribution in [1.29, 1.82) is 0 Å². The largest absolute Gasteiger partial charge is 0.496 e. The smallest absolute Gasteiger partial charge is 0.347 e. The van der Waals surface area contributed by atoms with Gasteiger partial charge >= 0.3 is 5.97 Å². The van der Waals surface area contributed by atoms with Gasteiger partial charge in [-0.05, 0) is 36.2 Å². The van der Waals surface area contributed by atoms with E-state index in [1.54, 1.807) is 43.3 Å². The molecule has 1 N–H and O–H groups in total. The number of methoxy groups -OCH3 is 1. The van der Waals surface area contributed by atoms with E-state index >= 15 is 0 Å². The van der Waals surface area contributed by atoms with Gasteiger partial charge in [0.05, 0.1) is 13.7 Å². The van der Waals surface area contributed by atoms with Crippen LogP contribution in [-0.4, -0.2) is 18.2 Å². The van der Waals surface area contributed by atoms with Crippen molar-refractivity contribution >= 4 is 5.97 Å². The summed E-state index contributed by atoms with van der Waals surface area (Å²) in [6, 6.07) is 12.2. The van der Waals surface area contributed by atoms with Gasteiger partial charge in [0.15, 0.2) is 0 Å². The summed E-state index contributed by atoms with van der Waals surface area (Å²) < 4.78 is 10.5. The Morgan fingerprint density at radius 3 is 2.50 bits per heavy atom. The van der Waals surface area contributed by atoms with Crippen LogP contribution in [0.5, 0.6) is 11.5 Å². The fraction of sp³-hybridized carbons (Fsp3) is 0.188. The van der Waals surface area contributed by atoms with Crippen LogP contribution in [0.15, 0.2) is 42.5 Å². The molecule has 0 aliphatic carbocycles.